The Balaban J connectivity index is 0. The standard InChI is InChI=1S/C8H10O3.C4H6O2/c1-5(2)7(9)11-8(10)6(3)4;1-3-6-4(2)5/h1,3H2,2,4H3;3H,1H2,2H3. The van der Waals surface area contributed by atoms with Crippen molar-refractivity contribution in [3.8, 4) is 0 Å². The van der Waals surface area contributed by atoms with Gasteiger partial charge < -0.3 is 9.47 Å². The highest BCUT2D eigenvalue weighted by molar-refractivity contribution is 6.00. The number of hydrogen-bond acceptors (Lipinski definition) is 5. The summed E-state index contributed by atoms with van der Waals surface area (Å²) in [6.07, 6.45) is 1.10. The number of rotatable bonds is 3. The Bertz CT molecular complexity index is 328. The molecule has 0 rings (SSSR count). The van der Waals surface area contributed by atoms with Gasteiger partial charge in [-0.2, -0.15) is 0 Å². The van der Waals surface area contributed by atoms with E-state index in [-0.39, 0.29) is 17.1 Å². The van der Waals surface area contributed by atoms with Gasteiger partial charge in [0.1, 0.15) is 0 Å². The van der Waals surface area contributed by atoms with Gasteiger partial charge in [-0.05, 0) is 13.8 Å². The maximum atomic E-state index is 10.7. The minimum atomic E-state index is -0.710. The third kappa shape index (κ3) is 11.8. The van der Waals surface area contributed by atoms with Crippen molar-refractivity contribution in [2.45, 2.75) is 20.8 Å². The van der Waals surface area contributed by atoms with Gasteiger partial charge in [0.2, 0.25) is 0 Å². The van der Waals surface area contributed by atoms with Gasteiger partial charge >= 0.3 is 17.9 Å². The monoisotopic (exact) mass is 240 g/mol. The third-order valence-corrected chi connectivity index (χ3v) is 1.13. The molecular formula is C12H16O5. The van der Waals surface area contributed by atoms with Crippen molar-refractivity contribution in [1.29, 1.82) is 0 Å². The van der Waals surface area contributed by atoms with E-state index in [2.05, 4.69) is 29.2 Å². The number of ether oxygens (including phenoxy) is 2. The van der Waals surface area contributed by atoms with Crippen LogP contribution in [0.15, 0.2) is 37.1 Å². The highest BCUT2D eigenvalue weighted by Crippen LogP contribution is 1.97. The van der Waals surface area contributed by atoms with Gasteiger partial charge in [0.25, 0.3) is 0 Å². The summed E-state index contributed by atoms with van der Waals surface area (Å²) in [5, 5.41) is 0. The summed E-state index contributed by atoms with van der Waals surface area (Å²) in [5.74, 6) is -1.75. The number of carbonyl (C=O) groups excluding carboxylic acids is 3. The SMILES string of the molecule is C=C(C)C(=O)OC(=O)C(=C)C.C=COC(C)=O. The van der Waals surface area contributed by atoms with Crippen molar-refractivity contribution < 1.29 is 23.9 Å². The number of esters is 3. The first kappa shape index (κ1) is 17.2. The lowest BCUT2D eigenvalue weighted by Crippen LogP contribution is -2.12. The Morgan fingerprint density at radius 1 is 0.941 bits per heavy atom. The molecule has 0 spiro atoms. The van der Waals surface area contributed by atoms with Crippen LogP contribution < -0.4 is 0 Å². The molecule has 0 bridgehead atoms. The fourth-order valence-corrected chi connectivity index (χ4v) is 0.376. The van der Waals surface area contributed by atoms with Gasteiger partial charge in [0, 0.05) is 18.1 Å². The van der Waals surface area contributed by atoms with E-state index < -0.39 is 11.9 Å². The predicted molar refractivity (Wildman–Crippen MR) is 62.7 cm³/mol. The van der Waals surface area contributed by atoms with E-state index in [0.717, 1.165) is 6.26 Å². The van der Waals surface area contributed by atoms with Crippen molar-refractivity contribution in [2.75, 3.05) is 0 Å². The fourth-order valence-electron chi connectivity index (χ4n) is 0.376. The molecule has 0 aliphatic rings. The molecule has 0 aliphatic heterocycles. The lowest BCUT2D eigenvalue weighted by atomic mass is 10.3. The second kappa shape index (κ2) is 9.08. The Labute approximate surface area is 100 Å². The van der Waals surface area contributed by atoms with Crippen molar-refractivity contribution in [3.63, 3.8) is 0 Å². The van der Waals surface area contributed by atoms with Crippen LogP contribution in [0.25, 0.3) is 0 Å². The zero-order valence-electron chi connectivity index (χ0n) is 10.2. The second-order valence-corrected chi connectivity index (χ2v) is 3.01. The van der Waals surface area contributed by atoms with E-state index >= 15 is 0 Å². The molecule has 0 amide bonds. The average Bonchev–Trinajstić information content (AvgIpc) is 2.17. The third-order valence-electron chi connectivity index (χ3n) is 1.13. The molecule has 94 valence electrons. The summed E-state index contributed by atoms with van der Waals surface area (Å²) in [6.45, 7) is 14.0. The van der Waals surface area contributed by atoms with Crippen LogP contribution in [-0.2, 0) is 23.9 Å². The molecule has 0 saturated heterocycles. The maximum absolute atomic E-state index is 10.7. The minimum absolute atomic E-state index is 0.194. The molecule has 0 unspecified atom stereocenters. The molecule has 0 aromatic heterocycles. The maximum Gasteiger partial charge on any atom is 0.340 e. The molecule has 0 saturated carbocycles. The molecule has 0 atom stereocenters. The molecule has 5 nitrogen and oxygen atoms in total. The summed E-state index contributed by atoms with van der Waals surface area (Å²) in [4.78, 5) is 31.1. The van der Waals surface area contributed by atoms with Crippen molar-refractivity contribution in [3.05, 3.63) is 37.1 Å². The van der Waals surface area contributed by atoms with E-state index in [1.165, 1.54) is 20.8 Å². The Morgan fingerprint density at radius 2 is 1.29 bits per heavy atom. The second-order valence-electron chi connectivity index (χ2n) is 3.01. The van der Waals surface area contributed by atoms with Crippen molar-refractivity contribution >= 4 is 17.9 Å². The first-order chi connectivity index (χ1) is 7.72. The summed E-state index contributed by atoms with van der Waals surface area (Å²) in [6, 6.07) is 0. The van der Waals surface area contributed by atoms with Gasteiger partial charge in [-0.3, -0.25) is 4.79 Å². The summed E-state index contributed by atoms with van der Waals surface area (Å²) in [5.41, 5.74) is 0.388. The molecule has 0 heterocycles. The highest BCUT2D eigenvalue weighted by atomic mass is 16.6. The van der Waals surface area contributed by atoms with E-state index in [0.29, 0.717) is 0 Å². The lowest BCUT2D eigenvalue weighted by molar-refractivity contribution is -0.154. The average molecular weight is 240 g/mol. The van der Waals surface area contributed by atoms with Crippen LogP contribution in [0.3, 0.4) is 0 Å². The molecule has 0 aromatic rings. The van der Waals surface area contributed by atoms with E-state index in [4.69, 9.17) is 0 Å². The van der Waals surface area contributed by atoms with Crippen LogP contribution in [0.4, 0.5) is 0 Å². The fraction of sp³-hybridized carbons (Fsp3) is 0.250. The largest absolute Gasteiger partial charge is 0.435 e. The van der Waals surface area contributed by atoms with Crippen LogP contribution in [0.1, 0.15) is 20.8 Å². The smallest absolute Gasteiger partial charge is 0.340 e. The van der Waals surface area contributed by atoms with Gasteiger partial charge in [-0.1, -0.05) is 19.7 Å². The van der Waals surface area contributed by atoms with Crippen LogP contribution in [0, 0.1) is 0 Å². The van der Waals surface area contributed by atoms with Crippen molar-refractivity contribution in [1.82, 2.24) is 0 Å². The summed E-state index contributed by atoms with van der Waals surface area (Å²) < 4.78 is 8.46. The normalized spacial score (nSPS) is 7.94. The summed E-state index contributed by atoms with van der Waals surface area (Å²) in [7, 11) is 0. The van der Waals surface area contributed by atoms with Crippen LogP contribution in [-0.4, -0.2) is 17.9 Å². The van der Waals surface area contributed by atoms with Crippen LogP contribution in [0.2, 0.25) is 0 Å². The van der Waals surface area contributed by atoms with Crippen LogP contribution in [0.5, 0.6) is 0 Å². The van der Waals surface area contributed by atoms with Crippen molar-refractivity contribution in [2.24, 2.45) is 0 Å². The Morgan fingerprint density at radius 3 is 1.41 bits per heavy atom. The van der Waals surface area contributed by atoms with Gasteiger partial charge in [0.05, 0.1) is 6.26 Å². The molecule has 17 heavy (non-hydrogen) atoms. The Kier molecular flexibility index (Phi) is 9.21. The van der Waals surface area contributed by atoms with E-state index in [1.54, 1.807) is 0 Å². The van der Waals surface area contributed by atoms with Gasteiger partial charge in [0.15, 0.2) is 0 Å². The summed E-state index contributed by atoms with van der Waals surface area (Å²) >= 11 is 0. The molecule has 0 N–H and O–H groups in total. The Hall–Kier alpha value is -2.17. The molecule has 0 aliphatic carbocycles. The lowest BCUT2D eigenvalue weighted by Gasteiger charge is -1.99. The topological polar surface area (TPSA) is 69.7 Å². The number of hydrogen-bond donors (Lipinski definition) is 0. The molecule has 0 aromatic carbocycles. The minimum Gasteiger partial charge on any atom is -0.435 e. The van der Waals surface area contributed by atoms with Gasteiger partial charge in [-0.25, -0.2) is 9.59 Å². The first-order valence-corrected chi connectivity index (χ1v) is 4.58. The van der Waals surface area contributed by atoms with Gasteiger partial charge in [-0.15, -0.1) is 0 Å². The predicted octanol–water partition coefficient (Wildman–Crippen LogP) is 1.90. The first-order valence-electron chi connectivity index (χ1n) is 4.58. The molecule has 5 heteroatoms. The zero-order valence-corrected chi connectivity index (χ0v) is 10.2. The van der Waals surface area contributed by atoms with E-state index in [9.17, 15) is 14.4 Å². The molecule has 0 radical (unpaired) electrons. The highest BCUT2D eigenvalue weighted by Gasteiger charge is 2.10. The van der Waals surface area contributed by atoms with E-state index in [1.807, 2.05) is 0 Å². The quantitative estimate of drug-likeness (QED) is 0.326. The zero-order chi connectivity index (χ0) is 14.0. The molecular weight excluding hydrogens is 224 g/mol. The number of carbonyl (C=O) groups is 3. The van der Waals surface area contributed by atoms with Crippen LogP contribution >= 0.6 is 0 Å². The molecule has 0 fully saturated rings.